The first kappa shape index (κ1) is 17.6. The van der Waals surface area contributed by atoms with E-state index in [4.69, 9.17) is 0 Å². The van der Waals surface area contributed by atoms with Crippen LogP contribution in [0.2, 0.25) is 0 Å². The van der Waals surface area contributed by atoms with Gasteiger partial charge in [0.2, 0.25) is 10.0 Å². The molecule has 2 saturated heterocycles. The summed E-state index contributed by atoms with van der Waals surface area (Å²) in [6.07, 6.45) is 4.12. The van der Waals surface area contributed by atoms with E-state index >= 15 is 0 Å². The van der Waals surface area contributed by atoms with Crippen LogP contribution >= 0.6 is 12.4 Å². The van der Waals surface area contributed by atoms with Crippen molar-refractivity contribution in [2.75, 3.05) is 39.3 Å². The summed E-state index contributed by atoms with van der Waals surface area (Å²) in [6, 6.07) is 3.90. The van der Waals surface area contributed by atoms with Gasteiger partial charge in [0.05, 0.1) is 0 Å². The van der Waals surface area contributed by atoms with Gasteiger partial charge in [-0.25, -0.2) is 13.4 Å². The lowest BCUT2D eigenvalue weighted by atomic mass is 10.2. The van der Waals surface area contributed by atoms with Crippen LogP contribution in [-0.4, -0.2) is 72.9 Å². The number of aromatic amines is 1. The minimum absolute atomic E-state index is 0. The quantitative estimate of drug-likeness (QED) is 0.828. The second-order valence-corrected chi connectivity index (χ2v) is 8.05. The second kappa shape index (κ2) is 6.97. The van der Waals surface area contributed by atoms with Gasteiger partial charge in [0.15, 0.2) is 0 Å². The summed E-state index contributed by atoms with van der Waals surface area (Å²) in [7, 11) is -3.47. The van der Waals surface area contributed by atoms with E-state index in [1.54, 1.807) is 28.8 Å². The Morgan fingerprint density at radius 3 is 2.79 bits per heavy atom. The van der Waals surface area contributed by atoms with E-state index in [2.05, 4.69) is 20.2 Å². The lowest BCUT2D eigenvalue weighted by Gasteiger charge is -2.32. The molecule has 0 aliphatic carbocycles. The van der Waals surface area contributed by atoms with Crippen molar-refractivity contribution in [3.05, 3.63) is 24.5 Å². The number of rotatable bonds is 3. The van der Waals surface area contributed by atoms with Crippen LogP contribution in [0.15, 0.2) is 29.4 Å². The smallest absolute Gasteiger partial charge is 0.245 e. The molecule has 24 heavy (non-hydrogen) atoms. The van der Waals surface area contributed by atoms with Gasteiger partial charge in [0.1, 0.15) is 10.5 Å². The topological polar surface area (TPSA) is 81.3 Å². The molecule has 0 spiro atoms. The van der Waals surface area contributed by atoms with Crippen molar-refractivity contribution in [3.8, 4) is 0 Å². The maximum absolute atomic E-state index is 13.0. The Morgan fingerprint density at radius 2 is 2.00 bits per heavy atom. The van der Waals surface area contributed by atoms with Gasteiger partial charge in [-0.15, -0.1) is 12.4 Å². The summed E-state index contributed by atoms with van der Waals surface area (Å²) in [5.41, 5.74) is 0.615. The molecule has 0 bridgehead atoms. The summed E-state index contributed by atoms with van der Waals surface area (Å²) in [6.45, 7) is 5.12. The highest BCUT2D eigenvalue weighted by Crippen LogP contribution is 2.28. The molecule has 1 atom stereocenters. The van der Waals surface area contributed by atoms with Crippen molar-refractivity contribution >= 4 is 33.5 Å². The number of fused-ring (bicyclic) bond motifs is 1. The molecule has 2 aliphatic heterocycles. The molecular formula is C15H22ClN5O2S. The van der Waals surface area contributed by atoms with Gasteiger partial charge in [-0.1, -0.05) is 0 Å². The largest absolute Gasteiger partial charge is 0.345 e. The fourth-order valence-corrected chi connectivity index (χ4v) is 5.20. The molecule has 2 aromatic rings. The molecule has 4 rings (SSSR count). The summed E-state index contributed by atoms with van der Waals surface area (Å²) in [5, 5.41) is 4.00. The summed E-state index contributed by atoms with van der Waals surface area (Å²) in [4.78, 5) is 9.87. The van der Waals surface area contributed by atoms with Crippen LogP contribution in [0.3, 0.4) is 0 Å². The van der Waals surface area contributed by atoms with Crippen LogP contribution in [0.1, 0.15) is 6.42 Å². The van der Waals surface area contributed by atoms with Gasteiger partial charge in [0.25, 0.3) is 0 Å². The van der Waals surface area contributed by atoms with E-state index in [0.29, 0.717) is 35.1 Å². The van der Waals surface area contributed by atoms with Crippen LogP contribution in [0.4, 0.5) is 0 Å². The monoisotopic (exact) mass is 371 g/mol. The average molecular weight is 372 g/mol. The first-order chi connectivity index (χ1) is 11.2. The van der Waals surface area contributed by atoms with Gasteiger partial charge in [-0.05, 0) is 18.6 Å². The number of hydrogen-bond acceptors (Lipinski definition) is 5. The lowest BCUT2D eigenvalue weighted by Crippen LogP contribution is -2.49. The van der Waals surface area contributed by atoms with E-state index in [9.17, 15) is 8.42 Å². The molecule has 2 aromatic heterocycles. The van der Waals surface area contributed by atoms with Gasteiger partial charge >= 0.3 is 0 Å². The number of nitrogens with one attached hydrogen (secondary N) is 2. The minimum Gasteiger partial charge on any atom is -0.345 e. The van der Waals surface area contributed by atoms with Crippen LogP contribution in [0.5, 0.6) is 0 Å². The third-order valence-electron chi connectivity index (χ3n) is 4.83. The number of H-pyrrole nitrogens is 1. The standard InChI is InChI=1S/C15H21N5O2S.ClH/c21-23(22,14-10-18-15-13(14)2-1-4-17-15)20-7-3-12(11-20)19-8-5-16-6-9-19;/h1-2,4,10,12,16H,3,5-9,11H2,(H,17,18);1H. The number of halogens is 1. The molecule has 132 valence electrons. The van der Waals surface area contributed by atoms with Gasteiger partial charge in [0, 0.05) is 63.1 Å². The SMILES string of the molecule is Cl.O=S(=O)(c1c[nH]c2ncccc12)N1CCC(N2CCNCC2)C1. The fraction of sp³-hybridized carbons (Fsp3) is 0.533. The Labute approximate surface area is 147 Å². The summed E-state index contributed by atoms with van der Waals surface area (Å²) >= 11 is 0. The van der Waals surface area contributed by atoms with Crippen molar-refractivity contribution in [2.24, 2.45) is 0 Å². The maximum Gasteiger partial charge on any atom is 0.245 e. The number of pyridine rings is 1. The number of piperazine rings is 1. The van der Waals surface area contributed by atoms with E-state index in [1.165, 1.54) is 0 Å². The molecule has 2 aliphatic rings. The molecular weight excluding hydrogens is 350 g/mol. The minimum atomic E-state index is -3.47. The van der Waals surface area contributed by atoms with Crippen molar-refractivity contribution in [2.45, 2.75) is 17.4 Å². The third kappa shape index (κ3) is 3.04. The van der Waals surface area contributed by atoms with Crippen molar-refractivity contribution in [1.29, 1.82) is 0 Å². The van der Waals surface area contributed by atoms with E-state index in [-0.39, 0.29) is 12.4 Å². The molecule has 0 aromatic carbocycles. The highest BCUT2D eigenvalue weighted by molar-refractivity contribution is 7.89. The van der Waals surface area contributed by atoms with Crippen LogP contribution in [-0.2, 0) is 10.0 Å². The second-order valence-electron chi connectivity index (χ2n) is 6.14. The number of nitrogens with zero attached hydrogens (tertiary/aromatic N) is 3. The van der Waals surface area contributed by atoms with Gasteiger partial charge in [-0.3, -0.25) is 4.90 Å². The average Bonchev–Trinajstić information content (AvgIpc) is 3.23. The first-order valence-electron chi connectivity index (χ1n) is 8.03. The summed E-state index contributed by atoms with van der Waals surface area (Å²) < 4.78 is 27.6. The molecule has 2 fully saturated rings. The number of aromatic nitrogens is 2. The van der Waals surface area contributed by atoms with E-state index in [0.717, 1.165) is 32.6 Å². The van der Waals surface area contributed by atoms with Gasteiger partial charge in [-0.2, -0.15) is 4.31 Å². The predicted molar refractivity (Wildman–Crippen MR) is 94.9 cm³/mol. The maximum atomic E-state index is 13.0. The molecule has 0 radical (unpaired) electrons. The predicted octanol–water partition coefficient (Wildman–Crippen LogP) is 0.653. The Hall–Kier alpha value is -1.19. The van der Waals surface area contributed by atoms with E-state index < -0.39 is 10.0 Å². The fourth-order valence-electron chi connectivity index (χ4n) is 3.56. The Morgan fingerprint density at radius 1 is 1.21 bits per heavy atom. The van der Waals surface area contributed by atoms with Crippen LogP contribution in [0, 0.1) is 0 Å². The van der Waals surface area contributed by atoms with Crippen molar-refractivity contribution < 1.29 is 8.42 Å². The van der Waals surface area contributed by atoms with Crippen molar-refractivity contribution in [1.82, 2.24) is 24.5 Å². The molecule has 7 nitrogen and oxygen atoms in total. The normalized spacial score (nSPS) is 23.4. The zero-order chi connectivity index (χ0) is 15.9. The summed E-state index contributed by atoms with van der Waals surface area (Å²) in [5.74, 6) is 0. The first-order valence-corrected chi connectivity index (χ1v) is 9.47. The Balaban J connectivity index is 0.00000169. The van der Waals surface area contributed by atoms with Crippen LogP contribution in [0.25, 0.3) is 11.0 Å². The van der Waals surface area contributed by atoms with Crippen molar-refractivity contribution in [3.63, 3.8) is 0 Å². The molecule has 1 unspecified atom stereocenters. The van der Waals surface area contributed by atoms with Gasteiger partial charge < -0.3 is 10.3 Å². The Bertz CT molecular complexity index is 803. The lowest BCUT2D eigenvalue weighted by molar-refractivity contribution is 0.179. The number of sulfonamides is 1. The number of hydrogen-bond donors (Lipinski definition) is 2. The highest BCUT2D eigenvalue weighted by Gasteiger charge is 2.36. The zero-order valence-corrected chi connectivity index (χ0v) is 14.9. The molecule has 4 heterocycles. The third-order valence-corrected chi connectivity index (χ3v) is 6.73. The zero-order valence-electron chi connectivity index (χ0n) is 13.3. The highest BCUT2D eigenvalue weighted by atomic mass is 35.5. The van der Waals surface area contributed by atoms with E-state index in [1.807, 2.05) is 0 Å². The van der Waals surface area contributed by atoms with Crippen LogP contribution < -0.4 is 5.32 Å². The molecule has 0 amide bonds. The molecule has 9 heteroatoms. The Kier molecular flexibility index (Phi) is 5.12. The molecule has 2 N–H and O–H groups in total. The molecule has 0 saturated carbocycles.